The highest BCUT2D eigenvalue weighted by molar-refractivity contribution is 7.19. The molecule has 0 atom stereocenters. The highest BCUT2D eigenvalue weighted by atomic mass is 35.5. The predicted molar refractivity (Wildman–Crippen MR) is 97.1 cm³/mol. The summed E-state index contributed by atoms with van der Waals surface area (Å²) in [6, 6.07) is 5.76. The van der Waals surface area contributed by atoms with Gasteiger partial charge in [-0.2, -0.15) is 4.37 Å². The molecule has 0 aliphatic heterocycles. The molecule has 136 valence electrons. The maximum atomic E-state index is 14.2. The van der Waals surface area contributed by atoms with Crippen LogP contribution in [0.1, 0.15) is 17.5 Å². The number of carbonyl (C=O) groups is 1. The molecule has 0 aliphatic rings. The summed E-state index contributed by atoms with van der Waals surface area (Å²) in [6.07, 6.45) is -0.159. The number of ether oxygens (including phenoxy) is 1. The Morgan fingerprint density at radius 3 is 2.62 bits per heavy atom. The monoisotopic (exact) mass is 415 g/mol. The Morgan fingerprint density at radius 2 is 2.00 bits per heavy atom. The van der Waals surface area contributed by atoms with E-state index < -0.39 is 23.4 Å². The number of benzene rings is 1. The number of aryl methyl sites for hydroxylation is 1. The second kappa shape index (κ2) is 8.11. The van der Waals surface area contributed by atoms with Crippen LogP contribution in [-0.4, -0.2) is 15.4 Å². The van der Waals surface area contributed by atoms with Gasteiger partial charge in [-0.1, -0.05) is 11.6 Å². The number of carboxylic acid groups (broad SMARTS) is 1. The lowest BCUT2D eigenvalue weighted by Gasteiger charge is -2.10. The predicted octanol–water partition coefficient (Wildman–Crippen LogP) is 5.40. The molecule has 9 heteroatoms. The number of aliphatic carboxylic acids is 1. The van der Waals surface area contributed by atoms with Crippen LogP contribution in [0.4, 0.5) is 8.78 Å². The number of aromatic nitrogens is 1. The number of halogens is 3. The second-order valence-corrected chi connectivity index (χ2v) is 7.71. The van der Waals surface area contributed by atoms with Crippen molar-refractivity contribution in [1.82, 2.24) is 4.37 Å². The van der Waals surface area contributed by atoms with Crippen molar-refractivity contribution in [3.05, 3.63) is 56.7 Å². The lowest BCUT2D eigenvalue weighted by Crippen LogP contribution is -2.03. The number of carboxylic acids is 1. The van der Waals surface area contributed by atoms with E-state index in [9.17, 15) is 13.6 Å². The van der Waals surface area contributed by atoms with Gasteiger partial charge < -0.3 is 9.84 Å². The zero-order chi connectivity index (χ0) is 18.7. The van der Waals surface area contributed by atoms with Crippen LogP contribution >= 0.6 is 34.5 Å². The molecule has 4 nitrogen and oxygen atoms in total. The zero-order valence-corrected chi connectivity index (χ0v) is 15.6. The molecule has 0 spiro atoms. The van der Waals surface area contributed by atoms with Gasteiger partial charge in [0.15, 0.2) is 17.4 Å². The van der Waals surface area contributed by atoms with Crippen molar-refractivity contribution >= 4 is 40.4 Å². The molecule has 3 aromatic rings. The van der Waals surface area contributed by atoms with Crippen molar-refractivity contribution in [3.63, 3.8) is 0 Å². The summed E-state index contributed by atoms with van der Waals surface area (Å²) in [4.78, 5) is 11.4. The Bertz CT molecular complexity index is 919. The van der Waals surface area contributed by atoms with Gasteiger partial charge in [0.05, 0.1) is 9.21 Å². The molecule has 2 aromatic heterocycles. The highest BCUT2D eigenvalue weighted by Crippen LogP contribution is 2.34. The van der Waals surface area contributed by atoms with E-state index in [4.69, 9.17) is 21.4 Å². The maximum Gasteiger partial charge on any atom is 0.303 e. The van der Waals surface area contributed by atoms with E-state index in [2.05, 4.69) is 4.37 Å². The molecule has 0 amide bonds. The highest BCUT2D eigenvalue weighted by Gasteiger charge is 2.16. The summed E-state index contributed by atoms with van der Waals surface area (Å²) in [7, 11) is 0. The normalized spacial score (nSPS) is 10.9. The summed E-state index contributed by atoms with van der Waals surface area (Å²) >= 11 is 8.50. The maximum absolute atomic E-state index is 14.2. The van der Waals surface area contributed by atoms with Gasteiger partial charge in [0, 0.05) is 17.4 Å². The van der Waals surface area contributed by atoms with Crippen molar-refractivity contribution < 1.29 is 23.4 Å². The fourth-order valence-corrected chi connectivity index (χ4v) is 4.11. The van der Waals surface area contributed by atoms with Gasteiger partial charge in [0.1, 0.15) is 12.3 Å². The van der Waals surface area contributed by atoms with Crippen LogP contribution in [0.5, 0.6) is 5.75 Å². The summed E-state index contributed by atoms with van der Waals surface area (Å²) < 4.78 is 38.5. The molecule has 1 aromatic carbocycles. The van der Waals surface area contributed by atoms with Gasteiger partial charge in [-0.15, -0.1) is 11.3 Å². The topological polar surface area (TPSA) is 59.4 Å². The molecule has 0 saturated carbocycles. The molecule has 0 saturated heterocycles. The molecule has 0 radical (unpaired) electrons. The standard InChI is InChI=1S/C17H12ClF2NO3S2/c18-14-3-2-13(26-14)16-10(8-25-21-16)7-24-17-11(19)5-9(6-12(17)20)1-4-15(22)23/h2-3,5-6,8H,1,4,7H2,(H,22,23). The first-order valence-corrected chi connectivity index (χ1v) is 9.48. The van der Waals surface area contributed by atoms with Crippen molar-refractivity contribution in [2.45, 2.75) is 19.4 Å². The van der Waals surface area contributed by atoms with E-state index in [1.54, 1.807) is 11.4 Å². The molecule has 0 aliphatic carbocycles. The largest absolute Gasteiger partial charge is 0.483 e. The zero-order valence-electron chi connectivity index (χ0n) is 13.2. The van der Waals surface area contributed by atoms with Crippen molar-refractivity contribution in [3.8, 4) is 16.3 Å². The average Bonchev–Trinajstić information content (AvgIpc) is 3.20. The smallest absolute Gasteiger partial charge is 0.303 e. The number of rotatable bonds is 7. The third-order valence-electron chi connectivity index (χ3n) is 3.51. The second-order valence-electron chi connectivity index (χ2n) is 5.36. The summed E-state index contributed by atoms with van der Waals surface area (Å²) in [6.45, 7) is -0.0519. The van der Waals surface area contributed by atoms with Crippen LogP contribution in [-0.2, 0) is 17.8 Å². The van der Waals surface area contributed by atoms with Crippen LogP contribution in [0, 0.1) is 11.6 Å². The number of thiophene rings is 1. The molecule has 26 heavy (non-hydrogen) atoms. The lowest BCUT2D eigenvalue weighted by atomic mass is 10.1. The molecular weight excluding hydrogens is 404 g/mol. The summed E-state index contributed by atoms with van der Waals surface area (Å²) in [5, 5.41) is 10.4. The van der Waals surface area contributed by atoms with E-state index in [0.29, 0.717) is 15.6 Å². The fourth-order valence-electron chi connectivity index (χ4n) is 2.30. The minimum absolute atomic E-state index is 0.0428. The van der Waals surface area contributed by atoms with Gasteiger partial charge in [0.25, 0.3) is 0 Å². The van der Waals surface area contributed by atoms with Gasteiger partial charge >= 0.3 is 5.97 Å². The average molecular weight is 416 g/mol. The van der Waals surface area contributed by atoms with Crippen LogP contribution in [0.3, 0.4) is 0 Å². The van der Waals surface area contributed by atoms with E-state index in [-0.39, 0.29) is 25.0 Å². The van der Waals surface area contributed by atoms with E-state index in [1.165, 1.54) is 22.9 Å². The Morgan fingerprint density at radius 1 is 1.27 bits per heavy atom. The summed E-state index contributed by atoms with van der Waals surface area (Å²) in [5.41, 5.74) is 1.63. The fraction of sp³-hybridized carbons (Fsp3) is 0.176. The van der Waals surface area contributed by atoms with Gasteiger partial charge in [-0.05, 0) is 47.8 Å². The number of hydrogen-bond acceptors (Lipinski definition) is 5. The molecule has 2 heterocycles. The SMILES string of the molecule is O=C(O)CCc1cc(F)c(OCc2csnc2-c2ccc(Cl)s2)c(F)c1. The molecular formula is C17H12ClF2NO3S2. The third-order valence-corrected chi connectivity index (χ3v) is 5.42. The molecule has 0 unspecified atom stereocenters. The molecule has 1 N–H and O–H groups in total. The number of nitrogens with zero attached hydrogens (tertiary/aromatic N) is 1. The minimum atomic E-state index is -1.03. The van der Waals surface area contributed by atoms with Crippen molar-refractivity contribution in [1.29, 1.82) is 0 Å². The van der Waals surface area contributed by atoms with Crippen molar-refractivity contribution in [2.24, 2.45) is 0 Å². The van der Waals surface area contributed by atoms with E-state index in [1.807, 2.05) is 6.07 Å². The summed E-state index contributed by atoms with van der Waals surface area (Å²) in [5.74, 6) is -3.26. The molecule has 0 bridgehead atoms. The molecule has 3 rings (SSSR count). The third kappa shape index (κ3) is 4.38. The van der Waals surface area contributed by atoms with Crippen LogP contribution in [0.2, 0.25) is 4.34 Å². The Hall–Kier alpha value is -2.03. The van der Waals surface area contributed by atoms with E-state index >= 15 is 0 Å². The van der Waals surface area contributed by atoms with Crippen molar-refractivity contribution in [2.75, 3.05) is 0 Å². The van der Waals surface area contributed by atoms with E-state index in [0.717, 1.165) is 17.0 Å². The Labute approximate surface area is 160 Å². The first-order chi connectivity index (χ1) is 12.4. The Balaban J connectivity index is 1.74. The van der Waals surface area contributed by atoms with Gasteiger partial charge in [0.2, 0.25) is 0 Å². The quantitative estimate of drug-likeness (QED) is 0.561. The van der Waals surface area contributed by atoms with Crippen LogP contribution in [0.15, 0.2) is 29.6 Å². The first kappa shape index (κ1) is 18.8. The van der Waals surface area contributed by atoms with Crippen LogP contribution in [0.25, 0.3) is 10.6 Å². The van der Waals surface area contributed by atoms with Crippen LogP contribution < -0.4 is 4.74 Å². The van der Waals surface area contributed by atoms with Gasteiger partial charge in [-0.3, -0.25) is 4.79 Å². The molecule has 0 fully saturated rings. The minimum Gasteiger partial charge on any atom is -0.483 e. The lowest BCUT2D eigenvalue weighted by molar-refractivity contribution is -0.136. The Kier molecular flexibility index (Phi) is 5.85. The van der Waals surface area contributed by atoms with Gasteiger partial charge in [-0.25, -0.2) is 8.78 Å². The number of hydrogen-bond donors (Lipinski definition) is 1. The first-order valence-electron chi connectivity index (χ1n) is 7.45.